The van der Waals surface area contributed by atoms with Gasteiger partial charge < -0.3 is 4.74 Å². The Bertz CT molecular complexity index is 207. The number of aromatic nitrogens is 3. The predicted octanol–water partition coefficient (Wildman–Crippen LogP) is -0.366. The lowest BCUT2D eigenvalue weighted by Crippen LogP contribution is -2.08. The number of hydrogen-bond donors (Lipinski definition) is 1. The van der Waals surface area contributed by atoms with Gasteiger partial charge in [-0.05, 0) is 0 Å². The number of hydrogen-bond acceptors (Lipinski definition) is 4. The summed E-state index contributed by atoms with van der Waals surface area (Å²) in [4.78, 5) is 14.5. The molecule has 0 bridgehead atoms. The van der Waals surface area contributed by atoms with Crippen molar-refractivity contribution in [3.8, 4) is 0 Å². The standard InChI is InChI=1S/C5H7N3O2/c1-10-2-4(9)5-6-3-7-8-5/h3H,2H2,1H3,(H,6,7,8). The van der Waals surface area contributed by atoms with Crippen LogP contribution >= 0.6 is 0 Å². The number of nitrogens with zero attached hydrogens (tertiary/aromatic N) is 2. The molecule has 1 heterocycles. The first-order chi connectivity index (χ1) is 4.84. The number of carbonyl (C=O) groups is 1. The summed E-state index contributed by atoms with van der Waals surface area (Å²) in [6.07, 6.45) is 1.35. The second kappa shape index (κ2) is 3.07. The first kappa shape index (κ1) is 6.88. The van der Waals surface area contributed by atoms with Crippen LogP contribution < -0.4 is 0 Å². The number of rotatable bonds is 3. The zero-order chi connectivity index (χ0) is 7.40. The third-order valence-corrected chi connectivity index (χ3v) is 0.940. The fourth-order valence-corrected chi connectivity index (χ4v) is 0.539. The van der Waals surface area contributed by atoms with Crippen molar-refractivity contribution in [1.29, 1.82) is 0 Å². The first-order valence-electron chi connectivity index (χ1n) is 2.72. The number of carbonyl (C=O) groups excluding carboxylic acids is 1. The summed E-state index contributed by atoms with van der Waals surface area (Å²) in [5.41, 5.74) is 0. The van der Waals surface area contributed by atoms with E-state index < -0.39 is 0 Å². The van der Waals surface area contributed by atoms with Crippen molar-refractivity contribution in [2.24, 2.45) is 0 Å². The van der Waals surface area contributed by atoms with Crippen molar-refractivity contribution < 1.29 is 9.53 Å². The van der Waals surface area contributed by atoms with Gasteiger partial charge in [0.1, 0.15) is 12.9 Å². The summed E-state index contributed by atoms with van der Waals surface area (Å²) >= 11 is 0. The third-order valence-electron chi connectivity index (χ3n) is 0.940. The molecule has 0 fully saturated rings. The molecule has 0 atom stereocenters. The van der Waals surface area contributed by atoms with Crippen molar-refractivity contribution in [2.45, 2.75) is 0 Å². The van der Waals surface area contributed by atoms with Crippen LogP contribution in [-0.2, 0) is 4.74 Å². The maximum absolute atomic E-state index is 10.8. The summed E-state index contributed by atoms with van der Waals surface area (Å²) in [5.74, 6) is -0.0504. The Hall–Kier alpha value is -1.23. The zero-order valence-corrected chi connectivity index (χ0v) is 5.50. The molecule has 0 aromatic carbocycles. The minimum Gasteiger partial charge on any atom is -0.376 e. The Morgan fingerprint density at radius 1 is 1.90 bits per heavy atom. The van der Waals surface area contributed by atoms with Crippen molar-refractivity contribution >= 4 is 5.78 Å². The number of nitrogens with one attached hydrogen (secondary N) is 1. The van der Waals surface area contributed by atoms with E-state index in [-0.39, 0.29) is 18.2 Å². The van der Waals surface area contributed by atoms with Crippen LogP contribution in [0.15, 0.2) is 6.33 Å². The molecule has 1 aromatic rings. The van der Waals surface area contributed by atoms with Crippen LogP contribution in [0.5, 0.6) is 0 Å². The summed E-state index contributed by atoms with van der Waals surface area (Å²) in [5, 5.41) is 6.00. The van der Waals surface area contributed by atoms with Crippen LogP contribution in [0.3, 0.4) is 0 Å². The molecule has 54 valence electrons. The third kappa shape index (κ3) is 1.38. The fraction of sp³-hybridized carbons (Fsp3) is 0.400. The van der Waals surface area contributed by atoms with Gasteiger partial charge in [0.2, 0.25) is 11.6 Å². The Balaban J connectivity index is 2.59. The Labute approximate surface area is 57.4 Å². The van der Waals surface area contributed by atoms with E-state index in [2.05, 4.69) is 19.9 Å². The number of ketones is 1. The second-order valence-corrected chi connectivity index (χ2v) is 1.68. The maximum atomic E-state index is 10.8. The lowest BCUT2D eigenvalue weighted by Gasteiger charge is -1.90. The monoisotopic (exact) mass is 141 g/mol. The van der Waals surface area contributed by atoms with E-state index in [1.807, 2.05) is 0 Å². The number of H-pyrrole nitrogens is 1. The Morgan fingerprint density at radius 3 is 3.20 bits per heavy atom. The highest BCUT2D eigenvalue weighted by Crippen LogP contribution is 1.87. The van der Waals surface area contributed by atoms with Gasteiger partial charge >= 0.3 is 0 Å². The highest BCUT2D eigenvalue weighted by Gasteiger charge is 2.07. The molecule has 0 saturated carbocycles. The number of methoxy groups -OCH3 is 1. The molecule has 1 aromatic heterocycles. The van der Waals surface area contributed by atoms with Gasteiger partial charge in [0.15, 0.2) is 0 Å². The normalized spacial score (nSPS) is 9.70. The molecule has 0 aliphatic carbocycles. The van der Waals surface area contributed by atoms with Gasteiger partial charge in [0, 0.05) is 7.11 Å². The van der Waals surface area contributed by atoms with Crippen molar-refractivity contribution in [1.82, 2.24) is 15.2 Å². The minimum atomic E-state index is -0.219. The summed E-state index contributed by atoms with van der Waals surface area (Å²) in [6, 6.07) is 0. The Morgan fingerprint density at radius 2 is 2.70 bits per heavy atom. The molecule has 0 aliphatic rings. The molecule has 1 rings (SSSR count). The number of ether oxygens (including phenoxy) is 1. The van der Waals surface area contributed by atoms with E-state index in [1.54, 1.807) is 0 Å². The average Bonchev–Trinajstić information content (AvgIpc) is 2.38. The van der Waals surface area contributed by atoms with Crippen LogP contribution in [0.2, 0.25) is 0 Å². The minimum absolute atomic E-state index is 0.0256. The second-order valence-electron chi connectivity index (χ2n) is 1.68. The van der Waals surface area contributed by atoms with E-state index >= 15 is 0 Å². The first-order valence-corrected chi connectivity index (χ1v) is 2.72. The van der Waals surface area contributed by atoms with Gasteiger partial charge in [-0.25, -0.2) is 4.98 Å². The van der Waals surface area contributed by atoms with Crippen LogP contribution in [0.4, 0.5) is 0 Å². The van der Waals surface area contributed by atoms with E-state index in [9.17, 15) is 4.79 Å². The fourth-order valence-electron chi connectivity index (χ4n) is 0.539. The number of Topliss-reactive ketones (excluding diaryl/α,β-unsaturated/α-hetero) is 1. The van der Waals surface area contributed by atoms with Gasteiger partial charge in [-0.2, -0.15) is 5.10 Å². The van der Waals surface area contributed by atoms with Crippen LogP contribution in [0, 0.1) is 0 Å². The van der Waals surface area contributed by atoms with Gasteiger partial charge in [0.25, 0.3) is 0 Å². The molecule has 5 nitrogen and oxygen atoms in total. The molecule has 1 N–H and O–H groups in total. The lowest BCUT2D eigenvalue weighted by atomic mass is 10.4. The summed E-state index contributed by atoms with van der Waals surface area (Å²) in [7, 11) is 1.45. The zero-order valence-electron chi connectivity index (χ0n) is 5.50. The number of aromatic amines is 1. The quantitative estimate of drug-likeness (QED) is 0.583. The largest absolute Gasteiger partial charge is 0.376 e. The van der Waals surface area contributed by atoms with E-state index in [1.165, 1.54) is 13.4 Å². The lowest BCUT2D eigenvalue weighted by molar-refractivity contribution is 0.0838. The predicted molar refractivity (Wildman–Crippen MR) is 32.6 cm³/mol. The summed E-state index contributed by atoms with van der Waals surface area (Å²) in [6.45, 7) is 0.0256. The van der Waals surface area contributed by atoms with Crippen LogP contribution in [0.1, 0.15) is 10.6 Å². The summed E-state index contributed by atoms with van der Waals surface area (Å²) < 4.78 is 4.58. The van der Waals surface area contributed by atoms with Crippen LogP contribution in [0.25, 0.3) is 0 Å². The van der Waals surface area contributed by atoms with Crippen LogP contribution in [-0.4, -0.2) is 34.7 Å². The van der Waals surface area contributed by atoms with Gasteiger partial charge in [0.05, 0.1) is 0 Å². The molecular weight excluding hydrogens is 134 g/mol. The van der Waals surface area contributed by atoms with Gasteiger partial charge in [-0.1, -0.05) is 0 Å². The van der Waals surface area contributed by atoms with Gasteiger partial charge in [-0.15, -0.1) is 0 Å². The topological polar surface area (TPSA) is 67.9 Å². The molecule has 0 radical (unpaired) electrons. The molecule has 10 heavy (non-hydrogen) atoms. The van der Waals surface area contributed by atoms with Crippen molar-refractivity contribution in [3.05, 3.63) is 12.2 Å². The van der Waals surface area contributed by atoms with E-state index in [4.69, 9.17) is 0 Å². The molecule has 0 amide bonds. The van der Waals surface area contributed by atoms with Crippen molar-refractivity contribution in [2.75, 3.05) is 13.7 Å². The molecule has 0 aliphatic heterocycles. The molecule has 0 unspecified atom stereocenters. The molecule has 0 saturated heterocycles. The van der Waals surface area contributed by atoms with E-state index in [0.29, 0.717) is 0 Å². The molecule has 0 spiro atoms. The maximum Gasteiger partial charge on any atom is 0.227 e. The van der Waals surface area contributed by atoms with Gasteiger partial charge in [-0.3, -0.25) is 9.89 Å². The Kier molecular flexibility index (Phi) is 2.11. The highest BCUT2D eigenvalue weighted by atomic mass is 16.5. The molecule has 5 heteroatoms. The highest BCUT2D eigenvalue weighted by molar-refractivity contribution is 5.93. The van der Waals surface area contributed by atoms with Crippen molar-refractivity contribution in [3.63, 3.8) is 0 Å². The smallest absolute Gasteiger partial charge is 0.227 e. The molecular formula is C5H7N3O2. The van der Waals surface area contributed by atoms with E-state index in [0.717, 1.165) is 0 Å². The average molecular weight is 141 g/mol. The SMILES string of the molecule is COCC(=O)c1nc[nH]n1.